The van der Waals surface area contributed by atoms with E-state index in [0.717, 1.165) is 5.69 Å². The molecule has 0 bridgehead atoms. The van der Waals surface area contributed by atoms with Gasteiger partial charge in [0.05, 0.1) is 5.69 Å². The van der Waals surface area contributed by atoms with E-state index in [-0.39, 0.29) is 0 Å². The van der Waals surface area contributed by atoms with E-state index in [1.54, 1.807) is 11.0 Å². The lowest BCUT2D eigenvalue weighted by atomic mass is 10.3. The van der Waals surface area contributed by atoms with Gasteiger partial charge in [-0.1, -0.05) is 23.4 Å². The standard InChI is InChI=1S/C10H7N5O/c1-2-4-8(5-3-1)15-6-11-9(13-15)10-12-7-16-14-10/h1-7H. The van der Waals surface area contributed by atoms with Gasteiger partial charge in [-0.15, -0.1) is 5.10 Å². The first-order chi connectivity index (χ1) is 7.93. The predicted octanol–water partition coefficient (Wildman–Crippen LogP) is 1.32. The fourth-order valence-corrected chi connectivity index (χ4v) is 1.34. The Bertz CT molecular complexity index is 572. The van der Waals surface area contributed by atoms with Crippen molar-refractivity contribution in [1.82, 2.24) is 24.9 Å². The summed E-state index contributed by atoms with van der Waals surface area (Å²) in [7, 11) is 0. The number of hydrogen-bond donors (Lipinski definition) is 0. The van der Waals surface area contributed by atoms with Gasteiger partial charge in [0.15, 0.2) is 0 Å². The van der Waals surface area contributed by atoms with Gasteiger partial charge in [0, 0.05) is 0 Å². The molecule has 0 N–H and O–H groups in total. The maximum Gasteiger partial charge on any atom is 0.241 e. The van der Waals surface area contributed by atoms with E-state index in [1.165, 1.54) is 6.39 Å². The highest BCUT2D eigenvalue weighted by molar-refractivity contribution is 5.41. The molecule has 0 amide bonds. The quantitative estimate of drug-likeness (QED) is 0.642. The van der Waals surface area contributed by atoms with E-state index in [9.17, 15) is 0 Å². The van der Waals surface area contributed by atoms with Gasteiger partial charge in [0.1, 0.15) is 6.33 Å². The van der Waals surface area contributed by atoms with E-state index in [4.69, 9.17) is 0 Å². The van der Waals surface area contributed by atoms with Crippen LogP contribution in [0, 0.1) is 0 Å². The van der Waals surface area contributed by atoms with Gasteiger partial charge < -0.3 is 4.52 Å². The molecule has 3 rings (SSSR count). The summed E-state index contributed by atoms with van der Waals surface area (Å²) in [4.78, 5) is 7.98. The first-order valence-corrected chi connectivity index (χ1v) is 4.67. The highest BCUT2D eigenvalue weighted by Crippen LogP contribution is 2.10. The van der Waals surface area contributed by atoms with Crippen molar-refractivity contribution in [1.29, 1.82) is 0 Å². The zero-order chi connectivity index (χ0) is 10.8. The van der Waals surface area contributed by atoms with E-state index in [0.29, 0.717) is 11.6 Å². The summed E-state index contributed by atoms with van der Waals surface area (Å²) in [5, 5.41) is 7.91. The SMILES string of the molecule is c1ccc(-n2cnc(-c3ncon3)n2)cc1. The molecule has 1 aromatic carbocycles. The Labute approximate surface area is 90.6 Å². The Hall–Kier alpha value is -2.50. The molecule has 16 heavy (non-hydrogen) atoms. The van der Waals surface area contributed by atoms with Gasteiger partial charge in [0.25, 0.3) is 0 Å². The highest BCUT2D eigenvalue weighted by atomic mass is 16.5. The smallest absolute Gasteiger partial charge is 0.241 e. The molecule has 78 valence electrons. The van der Waals surface area contributed by atoms with E-state index < -0.39 is 0 Å². The number of para-hydroxylation sites is 1. The Kier molecular flexibility index (Phi) is 1.96. The molecule has 2 aromatic heterocycles. The molecule has 6 nitrogen and oxygen atoms in total. The second kappa shape index (κ2) is 3.58. The highest BCUT2D eigenvalue weighted by Gasteiger charge is 2.09. The zero-order valence-electron chi connectivity index (χ0n) is 8.19. The molecule has 0 spiro atoms. The topological polar surface area (TPSA) is 69.6 Å². The maximum atomic E-state index is 4.63. The second-order valence-electron chi connectivity index (χ2n) is 3.10. The molecule has 0 aliphatic carbocycles. The largest absolute Gasteiger partial charge is 0.342 e. The Balaban J connectivity index is 2.00. The van der Waals surface area contributed by atoms with Crippen molar-refractivity contribution in [3.05, 3.63) is 43.1 Å². The van der Waals surface area contributed by atoms with Crippen molar-refractivity contribution in [2.24, 2.45) is 0 Å². The number of rotatable bonds is 2. The van der Waals surface area contributed by atoms with E-state index >= 15 is 0 Å². The fraction of sp³-hybridized carbons (Fsp3) is 0. The van der Waals surface area contributed by atoms with E-state index in [2.05, 4.69) is 24.7 Å². The van der Waals surface area contributed by atoms with E-state index in [1.807, 2.05) is 30.3 Å². The van der Waals surface area contributed by atoms with Crippen LogP contribution in [0.2, 0.25) is 0 Å². The van der Waals surface area contributed by atoms with Crippen molar-refractivity contribution in [3.63, 3.8) is 0 Å². The molecule has 0 saturated heterocycles. The molecular weight excluding hydrogens is 206 g/mol. The van der Waals surface area contributed by atoms with Crippen LogP contribution in [0.25, 0.3) is 17.3 Å². The zero-order valence-corrected chi connectivity index (χ0v) is 8.19. The number of aromatic nitrogens is 5. The molecular formula is C10H7N5O. The lowest BCUT2D eigenvalue weighted by Crippen LogP contribution is -1.94. The molecule has 0 unspecified atom stereocenters. The van der Waals surface area contributed by atoms with Crippen LogP contribution in [0.4, 0.5) is 0 Å². The first-order valence-electron chi connectivity index (χ1n) is 4.67. The summed E-state index contributed by atoms with van der Waals surface area (Å²) >= 11 is 0. The van der Waals surface area contributed by atoms with Gasteiger partial charge in [-0.25, -0.2) is 9.67 Å². The average molecular weight is 213 g/mol. The Morgan fingerprint density at radius 2 is 1.88 bits per heavy atom. The summed E-state index contributed by atoms with van der Waals surface area (Å²) in [6.07, 6.45) is 2.86. The van der Waals surface area contributed by atoms with Crippen LogP contribution >= 0.6 is 0 Å². The van der Waals surface area contributed by atoms with Crippen LogP contribution in [-0.4, -0.2) is 24.9 Å². The van der Waals surface area contributed by atoms with Crippen LogP contribution in [0.5, 0.6) is 0 Å². The Morgan fingerprint density at radius 1 is 1.00 bits per heavy atom. The third-order valence-electron chi connectivity index (χ3n) is 2.07. The molecule has 0 aliphatic heterocycles. The second-order valence-corrected chi connectivity index (χ2v) is 3.10. The molecule has 0 aliphatic rings. The van der Waals surface area contributed by atoms with Gasteiger partial charge in [-0.3, -0.25) is 0 Å². The Morgan fingerprint density at radius 3 is 2.62 bits per heavy atom. The molecule has 0 fully saturated rings. The summed E-state index contributed by atoms with van der Waals surface area (Å²) in [5.41, 5.74) is 0.935. The number of benzene rings is 1. The van der Waals surface area contributed by atoms with Crippen molar-refractivity contribution in [2.45, 2.75) is 0 Å². The molecule has 3 aromatic rings. The predicted molar refractivity (Wildman–Crippen MR) is 54.7 cm³/mol. The van der Waals surface area contributed by atoms with Gasteiger partial charge in [-0.05, 0) is 12.1 Å². The van der Waals surface area contributed by atoms with Crippen molar-refractivity contribution < 1.29 is 4.52 Å². The fourth-order valence-electron chi connectivity index (χ4n) is 1.34. The molecule has 0 radical (unpaired) electrons. The minimum absolute atomic E-state index is 0.384. The minimum atomic E-state index is 0.384. The third kappa shape index (κ3) is 1.46. The lowest BCUT2D eigenvalue weighted by Gasteiger charge is -1.97. The average Bonchev–Trinajstić information content (AvgIpc) is 3.01. The van der Waals surface area contributed by atoms with Crippen LogP contribution in [0.1, 0.15) is 0 Å². The summed E-state index contributed by atoms with van der Waals surface area (Å²) in [5.74, 6) is 0.826. The van der Waals surface area contributed by atoms with Crippen LogP contribution < -0.4 is 0 Å². The number of hydrogen-bond acceptors (Lipinski definition) is 5. The van der Waals surface area contributed by atoms with Crippen molar-refractivity contribution in [2.75, 3.05) is 0 Å². The van der Waals surface area contributed by atoms with Crippen molar-refractivity contribution in [3.8, 4) is 17.3 Å². The maximum absolute atomic E-state index is 4.63. The minimum Gasteiger partial charge on any atom is -0.342 e. The van der Waals surface area contributed by atoms with Crippen LogP contribution in [0.15, 0.2) is 47.6 Å². The monoisotopic (exact) mass is 213 g/mol. The van der Waals surface area contributed by atoms with Gasteiger partial charge >= 0.3 is 0 Å². The van der Waals surface area contributed by atoms with Gasteiger partial charge in [0.2, 0.25) is 18.0 Å². The summed E-state index contributed by atoms with van der Waals surface area (Å²) in [6.45, 7) is 0. The van der Waals surface area contributed by atoms with Gasteiger partial charge in [-0.2, -0.15) is 4.98 Å². The molecule has 6 heteroatoms. The first kappa shape index (κ1) is 8.78. The molecule has 2 heterocycles. The summed E-state index contributed by atoms with van der Waals surface area (Å²) < 4.78 is 6.29. The van der Waals surface area contributed by atoms with Crippen LogP contribution in [0.3, 0.4) is 0 Å². The normalized spacial score (nSPS) is 10.5. The molecule has 0 atom stereocenters. The lowest BCUT2D eigenvalue weighted by molar-refractivity contribution is 0.418. The van der Waals surface area contributed by atoms with Crippen LogP contribution in [-0.2, 0) is 0 Å². The third-order valence-corrected chi connectivity index (χ3v) is 2.07. The van der Waals surface area contributed by atoms with Crippen molar-refractivity contribution >= 4 is 0 Å². The number of nitrogens with zero attached hydrogens (tertiary/aromatic N) is 5. The summed E-state index contributed by atoms with van der Waals surface area (Å²) in [6, 6.07) is 9.69. The molecule has 0 saturated carbocycles.